The van der Waals surface area contributed by atoms with Crippen LogP contribution in [0.5, 0.6) is 5.75 Å². The van der Waals surface area contributed by atoms with E-state index in [-0.39, 0.29) is 34.3 Å². The smallest absolute Gasteiger partial charge is 0 e. The van der Waals surface area contributed by atoms with Crippen LogP contribution in [0.4, 0.5) is 0 Å². The molecule has 0 bridgehead atoms. The molecule has 1 aliphatic rings. The zero-order chi connectivity index (χ0) is 18.5. The number of methoxy groups -OCH3 is 1. The summed E-state index contributed by atoms with van der Waals surface area (Å²) in [5, 5.41) is 0.131. The van der Waals surface area contributed by atoms with Gasteiger partial charge in [0.05, 0.1) is 13.2 Å². The summed E-state index contributed by atoms with van der Waals surface area (Å²) in [5.74, 6) is 0.872. The molecule has 0 aromatic heterocycles. The van der Waals surface area contributed by atoms with Crippen molar-refractivity contribution in [2.75, 3.05) is 13.7 Å². The number of para-hydroxylation sites is 1. The molecular weight excluding hydrogens is 372 g/mol. The molecule has 5 nitrogen and oxygen atoms in total. The summed E-state index contributed by atoms with van der Waals surface area (Å²) in [6.07, 6.45) is 0.898. The van der Waals surface area contributed by atoms with Crippen molar-refractivity contribution in [2.45, 2.75) is 31.7 Å². The van der Waals surface area contributed by atoms with E-state index in [1.807, 2.05) is 18.2 Å². The molecule has 2 atom stereocenters. The minimum Gasteiger partial charge on any atom is 0 e. The molecule has 24 heavy (non-hydrogen) atoms. The molecule has 1 aromatic carbocycles. The van der Waals surface area contributed by atoms with Crippen LogP contribution >= 0.6 is 11.6 Å². The monoisotopic (exact) mass is 390 g/mol. The molecule has 0 radical (unpaired) electrons. The van der Waals surface area contributed by atoms with Gasteiger partial charge < -0.3 is 9.47 Å². The van der Waals surface area contributed by atoms with Crippen molar-refractivity contribution in [3.63, 3.8) is 0 Å². The predicted molar refractivity (Wildman–Crippen MR) is 81.5 cm³/mol. The molecule has 0 saturated carbocycles. The molecule has 0 unspecified atom stereocenters. The number of ether oxygens (including phenoxy) is 2. The van der Waals surface area contributed by atoms with E-state index in [4.69, 9.17) is 35.0 Å². The Morgan fingerprint density at radius 3 is 2.12 bits per heavy atom. The third-order valence-corrected chi connectivity index (χ3v) is 4.34. The Morgan fingerprint density at radius 2 is 1.62 bits per heavy atom. The SMILES string of the molecule is COc1ccccc1[C@@H]1OCC[C@H](Cl)C1(C)C.[C-]#[O+].[C-]#[O+].[C-]#[O+].[Cr]. The first-order valence-corrected chi connectivity index (χ1v) is 7.01. The molecule has 1 aromatic rings. The molecule has 2 rings (SSSR count). The third-order valence-electron chi connectivity index (χ3n) is 3.56. The quantitative estimate of drug-likeness (QED) is 0.438. The van der Waals surface area contributed by atoms with Crippen molar-refractivity contribution in [1.82, 2.24) is 0 Å². The first-order valence-electron chi connectivity index (χ1n) is 6.57. The average Bonchev–Trinajstić information content (AvgIpc) is 2.62. The van der Waals surface area contributed by atoms with E-state index in [2.05, 4.69) is 39.9 Å². The second kappa shape index (κ2) is 15.5. The maximum atomic E-state index is 7.50. The van der Waals surface area contributed by atoms with Gasteiger partial charge in [-0.3, -0.25) is 0 Å². The minimum absolute atomic E-state index is 0. The van der Waals surface area contributed by atoms with Crippen LogP contribution in [-0.2, 0) is 36.1 Å². The molecule has 130 valence electrons. The van der Waals surface area contributed by atoms with Gasteiger partial charge >= 0.3 is 33.9 Å². The van der Waals surface area contributed by atoms with Gasteiger partial charge in [-0.05, 0) is 12.5 Å². The second-order valence-corrected chi connectivity index (χ2v) is 5.60. The van der Waals surface area contributed by atoms with E-state index < -0.39 is 0 Å². The molecule has 0 spiro atoms. The topological polar surface area (TPSA) is 78.2 Å². The second-order valence-electron chi connectivity index (χ2n) is 5.07. The average molecular weight is 391 g/mol. The molecule has 7 heteroatoms. The Kier molecular flexibility index (Phi) is 18.0. The number of rotatable bonds is 2. The van der Waals surface area contributed by atoms with Gasteiger partial charge in [0.25, 0.3) is 0 Å². The Balaban J connectivity index is -0.000000569. The minimum atomic E-state index is -0.0889. The predicted octanol–water partition coefficient (Wildman–Crippen LogP) is 3.68. The van der Waals surface area contributed by atoms with Gasteiger partial charge in [0.1, 0.15) is 5.75 Å². The van der Waals surface area contributed by atoms with Crippen molar-refractivity contribution in [2.24, 2.45) is 5.41 Å². The van der Waals surface area contributed by atoms with Crippen LogP contribution in [0.25, 0.3) is 0 Å². The van der Waals surface area contributed by atoms with Gasteiger partial charge in [0, 0.05) is 40.3 Å². The number of hydrogen-bond donors (Lipinski definition) is 0. The normalized spacial score (nSPS) is 19.9. The summed E-state index contributed by atoms with van der Waals surface area (Å²) >= 11 is 6.43. The van der Waals surface area contributed by atoms with Crippen molar-refractivity contribution >= 4 is 11.6 Å². The third kappa shape index (κ3) is 7.28. The van der Waals surface area contributed by atoms with Crippen molar-refractivity contribution in [1.29, 1.82) is 0 Å². The van der Waals surface area contributed by atoms with Gasteiger partial charge in [0.15, 0.2) is 0 Å². The Bertz CT molecular complexity index is 499. The number of hydrogen-bond acceptors (Lipinski definition) is 2. The van der Waals surface area contributed by atoms with Crippen LogP contribution in [0.15, 0.2) is 24.3 Å². The molecule has 1 heterocycles. The van der Waals surface area contributed by atoms with E-state index >= 15 is 0 Å². The summed E-state index contributed by atoms with van der Waals surface area (Å²) in [4.78, 5) is 0. The summed E-state index contributed by atoms with van der Waals surface area (Å²) in [7, 11) is 1.69. The van der Waals surface area contributed by atoms with Gasteiger partial charge in [-0.1, -0.05) is 32.0 Å². The van der Waals surface area contributed by atoms with Crippen molar-refractivity contribution in [3.05, 3.63) is 49.8 Å². The summed E-state index contributed by atoms with van der Waals surface area (Å²) in [5.41, 5.74) is 0.999. The first kappa shape index (κ1) is 27.9. The van der Waals surface area contributed by atoms with E-state index in [0.717, 1.165) is 17.7 Å². The summed E-state index contributed by atoms with van der Waals surface area (Å²) in [6.45, 7) is 18.5. The van der Waals surface area contributed by atoms with Gasteiger partial charge in [-0.15, -0.1) is 11.6 Å². The van der Waals surface area contributed by atoms with Crippen LogP contribution < -0.4 is 4.74 Å². The number of alkyl halides is 1. The molecule has 0 amide bonds. The fourth-order valence-corrected chi connectivity index (χ4v) is 2.62. The summed E-state index contributed by atoms with van der Waals surface area (Å²) in [6, 6.07) is 8.00. The molecule has 0 aliphatic carbocycles. The van der Waals surface area contributed by atoms with E-state index in [1.165, 1.54) is 0 Å². The standard InChI is InChI=1S/C14H19ClO2.3CO.Cr/c1-14(2)12(15)8-9-17-13(14)10-6-4-5-7-11(10)16-3;3*1-2;/h4-7,12-13H,8-9H2,1-3H3;;;;/t12-,13-;;;;/m0..../s1. The number of halogens is 1. The molecular formula is C17H19ClCrO5. The zero-order valence-corrected chi connectivity index (χ0v) is 15.7. The van der Waals surface area contributed by atoms with Gasteiger partial charge in [0.2, 0.25) is 0 Å². The van der Waals surface area contributed by atoms with Crippen LogP contribution in [0.1, 0.15) is 31.9 Å². The van der Waals surface area contributed by atoms with Crippen molar-refractivity contribution < 1.29 is 40.8 Å². The van der Waals surface area contributed by atoms with Gasteiger partial charge in [-0.2, -0.15) is 0 Å². The molecule has 1 aliphatic heterocycles. The fourth-order valence-electron chi connectivity index (χ4n) is 2.41. The maximum Gasteiger partial charge on any atom is 0 e. The van der Waals surface area contributed by atoms with Crippen molar-refractivity contribution in [3.8, 4) is 5.75 Å². The van der Waals surface area contributed by atoms with Crippen LogP contribution in [-0.4, -0.2) is 19.1 Å². The molecule has 1 fully saturated rings. The van der Waals surface area contributed by atoms with Crippen LogP contribution in [0.3, 0.4) is 0 Å². The molecule has 0 N–H and O–H groups in total. The summed E-state index contributed by atoms with van der Waals surface area (Å²) < 4.78 is 33.8. The first-order chi connectivity index (χ1) is 11.1. The largest absolute Gasteiger partial charge is 0 e. The van der Waals surface area contributed by atoms with E-state index in [9.17, 15) is 0 Å². The van der Waals surface area contributed by atoms with E-state index in [1.54, 1.807) is 7.11 Å². The number of benzene rings is 1. The Hall–Kier alpha value is -0.978. The van der Waals surface area contributed by atoms with Crippen LogP contribution in [0.2, 0.25) is 0 Å². The molecule has 1 saturated heterocycles. The Morgan fingerprint density at radius 1 is 1.12 bits per heavy atom. The van der Waals surface area contributed by atoms with Gasteiger partial charge in [-0.25, -0.2) is 0 Å². The van der Waals surface area contributed by atoms with E-state index in [0.29, 0.717) is 6.61 Å². The fraction of sp³-hybridized carbons (Fsp3) is 0.471. The maximum absolute atomic E-state index is 7.50. The Labute approximate surface area is 159 Å². The van der Waals surface area contributed by atoms with Crippen LogP contribution in [0, 0.1) is 25.4 Å². The zero-order valence-electron chi connectivity index (χ0n) is 13.7.